The molecule has 8 heteroatoms. The molecule has 1 atom stereocenters. The van der Waals surface area contributed by atoms with Crippen molar-refractivity contribution in [1.82, 2.24) is 15.3 Å². The summed E-state index contributed by atoms with van der Waals surface area (Å²) in [5, 5.41) is 6.34. The van der Waals surface area contributed by atoms with Gasteiger partial charge in [0.05, 0.1) is 11.2 Å². The van der Waals surface area contributed by atoms with Gasteiger partial charge in [-0.15, -0.1) is 0 Å². The molecule has 0 saturated carbocycles. The molecule has 0 aliphatic heterocycles. The Balaban J connectivity index is 2.20. The molecular weight excluding hydrogens is 408 g/mol. The number of amides is 2. The van der Waals surface area contributed by atoms with Crippen molar-refractivity contribution in [2.45, 2.75) is 52.2 Å². The maximum absolute atomic E-state index is 12.9. The van der Waals surface area contributed by atoms with Gasteiger partial charge in [-0.05, 0) is 43.6 Å². The van der Waals surface area contributed by atoms with Gasteiger partial charge in [-0.1, -0.05) is 61.8 Å². The van der Waals surface area contributed by atoms with E-state index in [0.29, 0.717) is 11.6 Å². The van der Waals surface area contributed by atoms with Crippen molar-refractivity contribution < 1.29 is 9.59 Å². The molecule has 2 amide bonds. The molecule has 0 saturated heterocycles. The molecule has 2 rings (SSSR count). The monoisotopic (exact) mass is 434 g/mol. The van der Waals surface area contributed by atoms with E-state index in [1.807, 2.05) is 52.8 Å². The summed E-state index contributed by atoms with van der Waals surface area (Å²) >= 11 is 7.55. The summed E-state index contributed by atoms with van der Waals surface area (Å²) < 4.78 is 0. The number of carbonyl (C=O) groups excluding carboxylic acids is 2. The van der Waals surface area contributed by atoms with Crippen LogP contribution in [0.3, 0.4) is 0 Å². The van der Waals surface area contributed by atoms with E-state index < -0.39 is 11.9 Å². The van der Waals surface area contributed by atoms with Crippen LogP contribution in [0.4, 0.5) is 5.69 Å². The Morgan fingerprint density at radius 1 is 1.24 bits per heavy atom. The largest absolute Gasteiger partial charge is 0.339 e. The molecule has 0 spiro atoms. The lowest BCUT2D eigenvalue weighted by atomic mass is 10.0. The van der Waals surface area contributed by atoms with E-state index in [-0.39, 0.29) is 22.5 Å². The number of hydrogen-bond donors (Lipinski definition) is 2. The minimum absolute atomic E-state index is 0.0747. The fourth-order valence-electron chi connectivity index (χ4n) is 2.81. The smallest absolute Gasteiger partial charge is 0.272 e. The molecule has 156 valence electrons. The third-order valence-corrected chi connectivity index (χ3v) is 5.20. The van der Waals surface area contributed by atoms with E-state index in [1.165, 1.54) is 18.0 Å². The first kappa shape index (κ1) is 23.2. The topological polar surface area (TPSA) is 84.0 Å². The third kappa shape index (κ3) is 6.72. The second-order valence-corrected chi connectivity index (χ2v) is 8.88. The lowest BCUT2D eigenvalue weighted by Gasteiger charge is -2.21. The first-order chi connectivity index (χ1) is 13.7. The first-order valence-electron chi connectivity index (χ1n) is 9.55. The number of anilines is 1. The maximum atomic E-state index is 12.9. The van der Waals surface area contributed by atoms with E-state index in [9.17, 15) is 9.59 Å². The summed E-state index contributed by atoms with van der Waals surface area (Å²) in [6, 6.07) is 5.09. The van der Waals surface area contributed by atoms with Crippen LogP contribution in [0.2, 0.25) is 5.02 Å². The van der Waals surface area contributed by atoms with Crippen LogP contribution in [0.5, 0.6) is 0 Å². The van der Waals surface area contributed by atoms with Gasteiger partial charge in [-0.3, -0.25) is 9.59 Å². The van der Waals surface area contributed by atoms with Crippen LogP contribution in [0.25, 0.3) is 0 Å². The highest BCUT2D eigenvalue weighted by Gasteiger charge is 2.25. The number of thioether (sulfide) groups is 1. The molecule has 6 nitrogen and oxygen atoms in total. The van der Waals surface area contributed by atoms with Gasteiger partial charge in [0.25, 0.3) is 5.91 Å². The molecule has 2 aromatic rings. The molecule has 0 fully saturated rings. The van der Waals surface area contributed by atoms with Gasteiger partial charge in [0.15, 0.2) is 10.9 Å². The van der Waals surface area contributed by atoms with Crippen molar-refractivity contribution in [3.63, 3.8) is 0 Å². The zero-order chi connectivity index (χ0) is 21.6. The number of hydrogen-bond acceptors (Lipinski definition) is 5. The molecule has 0 radical (unpaired) electrons. The maximum Gasteiger partial charge on any atom is 0.272 e. The van der Waals surface area contributed by atoms with E-state index in [1.54, 1.807) is 0 Å². The van der Waals surface area contributed by atoms with Gasteiger partial charge in [0.2, 0.25) is 5.91 Å². The minimum atomic E-state index is -0.712. The number of nitrogens with one attached hydrogen (secondary N) is 2. The lowest BCUT2D eigenvalue weighted by molar-refractivity contribution is -0.118. The number of aromatic nitrogens is 2. The number of halogens is 1. The normalized spacial score (nSPS) is 12.0. The zero-order valence-corrected chi connectivity index (χ0v) is 18.9. The van der Waals surface area contributed by atoms with Gasteiger partial charge in [-0.25, -0.2) is 9.97 Å². The van der Waals surface area contributed by atoms with Crippen molar-refractivity contribution >= 4 is 40.9 Å². The first-order valence-corrected chi connectivity index (χ1v) is 10.9. The highest BCUT2D eigenvalue weighted by atomic mass is 35.5. The quantitative estimate of drug-likeness (QED) is 0.467. The summed E-state index contributed by atoms with van der Waals surface area (Å²) in [7, 11) is 0. The standard InChI is InChI=1S/C21H27ClN4O2S/c1-6-29-21-23-11-15(22)18(26-21)20(28)25-17(9-12(2)3)19(27)24-16-8-7-13(4)10-14(16)5/h7-8,10-12,17H,6,9H2,1-5H3,(H,24,27)(H,25,28)/t17-/m0/s1. The van der Waals surface area contributed by atoms with Crippen LogP contribution in [0, 0.1) is 19.8 Å². The third-order valence-electron chi connectivity index (χ3n) is 4.18. The fraction of sp³-hybridized carbons (Fsp3) is 0.429. The number of nitrogens with zero attached hydrogens (tertiary/aromatic N) is 2. The lowest BCUT2D eigenvalue weighted by Crippen LogP contribution is -2.45. The molecular formula is C21H27ClN4O2S. The fourth-order valence-corrected chi connectivity index (χ4v) is 3.53. The van der Waals surface area contributed by atoms with Crippen molar-refractivity contribution in [2.75, 3.05) is 11.1 Å². The minimum Gasteiger partial charge on any atom is -0.339 e. The molecule has 1 aromatic carbocycles. The molecule has 0 bridgehead atoms. The second-order valence-electron chi connectivity index (χ2n) is 7.25. The van der Waals surface area contributed by atoms with Gasteiger partial charge in [0, 0.05) is 5.69 Å². The highest BCUT2D eigenvalue weighted by molar-refractivity contribution is 7.99. The van der Waals surface area contributed by atoms with E-state index in [4.69, 9.17) is 11.6 Å². The molecule has 1 aromatic heterocycles. The Bertz CT molecular complexity index is 889. The SMILES string of the molecule is CCSc1ncc(Cl)c(C(=O)N[C@@H](CC(C)C)C(=O)Nc2ccc(C)cc2C)n1. The molecule has 1 heterocycles. The van der Waals surface area contributed by atoms with Gasteiger partial charge in [-0.2, -0.15) is 0 Å². The summed E-state index contributed by atoms with van der Waals surface area (Å²) in [5.41, 5.74) is 2.88. The van der Waals surface area contributed by atoms with Crippen molar-refractivity contribution in [2.24, 2.45) is 5.92 Å². The summed E-state index contributed by atoms with van der Waals surface area (Å²) in [6.45, 7) is 9.90. The predicted molar refractivity (Wildman–Crippen MR) is 119 cm³/mol. The van der Waals surface area contributed by atoms with Crippen LogP contribution in [0.15, 0.2) is 29.6 Å². The Morgan fingerprint density at radius 3 is 2.59 bits per heavy atom. The van der Waals surface area contributed by atoms with E-state index in [2.05, 4.69) is 20.6 Å². The number of benzene rings is 1. The zero-order valence-electron chi connectivity index (χ0n) is 17.4. The van der Waals surface area contributed by atoms with E-state index in [0.717, 1.165) is 22.6 Å². The molecule has 0 aliphatic rings. The van der Waals surface area contributed by atoms with Gasteiger partial charge >= 0.3 is 0 Å². The molecule has 0 aliphatic carbocycles. The molecule has 2 N–H and O–H groups in total. The van der Waals surface area contributed by atoms with Crippen LogP contribution >= 0.6 is 23.4 Å². The Hall–Kier alpha value is -2.12. The van der Waals surface area contributed by atoms with Gasteiger partial charge in [0.1, 0.15) is 6.04 Å². The van der Waals surface area contributed by atoms with Gasteiger partial charge < -0.3 is 10.6 Å². The Morgan fingerprint density at radius 2 is 1.97 bits per heavy atom. The summed E-state index contributed by atoms with van der Waals surface area (Å²) in [5.74, 6) is 0.220. The van der Waals surface area contributed by atoms with Crippen molar-refractivity contribution in [1.29, 1.82) is 0 Å². The number of aryl methyl sites for hydroxylation is 2. The number of carbonyl (C=O) groups is 2. The highest BCUT2D eigenvalue weighted by Crippen LogP contribution is 2.20. The van der Waals surface area contributed by atoms with Crippen LogP contribution in [-0.4, -0.2) is 33.6 Å². The Labute approximate surface area is 181 Å². The molecule has 0 unspecified atom stereocenters. The average molecular weight is 435 g/mol. The predicted octanol–water partition coefficient (Wildman–Crippen LogP) is 4.64. The van der Waals surface area contributed by atoms with E-state index >= 15 is 0 Å². The average Bonchev–Trinajstić information content (AvgIpc) is 2.64. The second kappa shape index (κ2) is 10.6. The molecule has 29 heavy (non-hydrogen) atoms. The summed E-state index contributed by atoms with van der Waals surface area (Å²) in [4.78, 5) is 34.1. The number of rotatable bonds is 8. The van der Waals surface area contributed by atoms with Crippen LogP contribution in [0.1, 0.15) is 48.8 Å². The van der Waals surface area contributed by atoms with Crippen molar-refractivity contribution in [3.8, 4) is 0 Å². The van der Waals surface area contributed by atoms with Crippen LogP contribution in [-0.2, 0) is 4.79 Å². The Kier molecular flexibility index (Phi) is 8.46. The van der Waals surface area contributed by atoms with Crippen LogP contribution < -0.4 is 10.6 Å². The summed E-state index contributed by atoms with van der Waals surface area (Å²) in [6.07, 6.45) is 1.90. The van der Waals surface area contributed by atoms with Crippen molar-refractivity contribution in [3.05, 3.63) is 46.2 Å².